The number of carbonyl (C=O) groups is 1. The number of fused-ring (bicyclic) bond motifs is 1. The van der Waals surface area contributed by atoms with Gasteiger partial charge in [-0.2, -0.15) is 4.98 Å². The van der Waals surface area contributed by atoms with Gasteiger partial charge in [0.15, 0.2) is 6.61 Å². The lowest BCUT2D eigenvalue weighted by molar-refractivity contribution is -0.145. The lowest BCUT2D eigenvalue weighted by Crippen LogP contribution is -2.12. The van der Waals surface area contributed by atoms with Crippen molar-refractivity contribution in [1.29, 1.82) is 0 Å². The molecule has 152 valence electrons. The van der Waals surface area contributed by atoms with Crippen LogP contribution in [0.25, 0.3) is 22.3 Å². The molecule has 1 N–H and O–H groups in total. The number of esters is 1. The van der Waals surface area contributed by atoms with Crippen molar-refractivity contribution in [2.45, 2.75) is 32.8 Å². The summed E-state index contributed by atoms with van der Waals surface area (Å²) in [5.41, 5.74) is 2.36. The first-order valence-electron chi connectivity index (χ1n) is 9.62. The van der Waals surface area contributed by atoms with Crippen molar-refractivity contribution < 1.29 is 14.1 Å². The number of rotatable bonds is 7. The highest BCUT2D eigenvalue weighted by atomic mass is 16.6. The largest absolute Gasteiger partial charge is 0.456 e. The van der Waals surface area contributed by atoms with Gasteiger partial charge < -0.3 is 14.2 Å². The van der Waals surface area contributed by atoms with Gasteiger partial charge in [0, 0.05) is 18.4 Å². The van der Waals surface area contributed by atoms with Crippen molar-refractivity contribution in [1.82, 2.24) is 20.1 Å². The molecule has 2 heterocycles. The first-order chi connectivity index (χ1) is 14.6. The molecular formula is C22H20N4O4. The van der Waals surface area contributed by atoms with Gasteiger partial charge in [-0.1, -0.05) is 41.6 Å². The highest BCUT2D eigenvalue weighted by Crippen LogP contribution is 2.20. The Morgan fingerprint density at radius 3 is 2.77 bits per heavy atom. The topological polar surface area (TPSA) is 111 Å². The minimum absolute atomic E-state index is 0.0806. The maximum atomic E-state index is 12.1. The molecule has 0 aliphatic heterocycles. The van der Waals surface area contributed by atoms with E-state index in [2.05, 4.69) is 20.1 Å². The van der Waals surface area contributed by atoms with E-state index in [0.717, 1.165) is 11.1 Å². The molecular weight excluding hydrogens is 384 g/mol. The van der Waals surface area contributed by atoms with Crippen molar-refractivity contribution in [3.8, 4) is 11.4 Å². The second-order valence-corrected chi connectivity index (χ2v) is 6.87. The van der Waals surface area contributed by atoms with Crippen LogP contribution < -0.4 is 5.56 Å². The van der Waals surface area contributed by atoms with Gasteiger partial charge in [-0.25, -0.2) is 4.98 Å². The number of H-pyrrole nitrogens is 1. The number of aryl methyl sites for hydroxylation is 2. The molecule has 0 fully saturated rings. The zero-order valence-electron chi connectivity index (χ0n) is 16.4. The number of para-hydroxylation sites is 1. The van der Waals surface area contributed by atoms with E-state index >= 15 is 0 Å². The summed E-state index contributed by atoms with van der Waals surface area (Å²) in [6, 6.07) is 14.8. The van der Waals surface area contributed by atoms with Gasteiger partial charge in [-0.05, 0) is 31.0 Å². The van der Waals surface area contributed by atoms with Crippen molar-refractivity contribution in [2.24, 2.45) is 0 Å². The summed E-state index contributed by atoms with van der Waals surface area (Å²) in [5.74, 6) is 0.868. The number of hydrogen-bond acceptors (Lipinski definition) is 7. The molecule has 0 atom stereocenters. The van der Waals surface area contributed by atoms with E-state index in [4.69, 9.17) is 9.26 Å². The quantitative estimate of drug-likeness (QED) is 0.470. The highest BCUT2D eigenvalue weighted by Gasteiger charge is 2.13. The third-order valence-electron chi connectivity index (χ3n) is 4.67. The zero-order valence-corrected chi connectivity index (χ0v) is 16.4. The zero-order chi connectivity index (χ0) is 20.9. The normalized spacial score (nSPS) is 11.0. The van der Waals surface area contributed by atoms with Crippen LogP contribution in [0.3, 0.4) is 0 Å². The Bertz CT molecular complexity index is 1250. The van der Waals surface area contributed by atoms with Crippen LogP contribution in [0.1, 0.15) is 30.1 Å². The van der Waals surface area contributed by atoms with Gasteiger partial charge in [0.1, 0.15) is 5.82 Å². The van der Waals surface area contributed by atoms with E-state index in [1.807, 2.05) is 37.3 Å². The Balaban J connectivity index is 1.28. The van der Waals surface area contributed by atoms with Crippen LogP contribution >= 0.6 is 0 Å². The van der Waals surface area contributed by atoms with Crippen molar-refractivity contribution in [3.63, 3.8) is 0 Å². The average Bonchev–Trinajstić information content (AvgIpc) is 3.21. The second kappa shape index (κ2) is 8.69. The third kappa shape index (κ3) is 4.43. The minimum Gasteiger partial charge on any atom is -0.456 e. The number of hydrogen-bond donors (Lipinski definition) is 1. The second-order valence-electron chi connectivity index (χ2n) is 6.87. The van der Waals surface area contributed by atoms with Crippen LogP contribution in [0.5, 0.6) is 0 Å². The summed E-state index contributed by atoms with van der Waals surface area (Å²) >= 11 is 0. The first kappa shape index (κ1) is 19.5. The van der Waals surface area contributed by atoms with Gasteiger partial charge >= 0.3 is 5.97 Å². The summed E-state index contributed by atoms with van der Waals surface area (Å²) in [4.78, 5) is 35.5. The Morgan fingerprint density at radius 1 is 1.10 bits per heavy atom. The van der Waals surface area contributed by atoms with Gasteiger partial charge in [-0.15, -0.1) is 0 Å². The number of nitrogens with one attached hydrogen (secondary N) is 1. The Morgan fingerprint density at radius 2 is 1.90 bits per heavy atom. The van der Waals surface area contributed by atoms with Crippen LogP contribution in [-0.2, 0) is 22.6 Å². The monoisotopic (exact) mass is 404 g/mol. The number of ether oxygens (including phenoxy) is 1. The van der Waals surface area contributed by atoms with Gasteiger partial charge in [-0.3, -0.25) is 9.59 Å². The van der Waals surface area contributed by atoms with Crippen LogP contribution in [0.4, 0.5) is 0 Å². The number of aromatic nitrogens is 4. The maximum Gasteiger partial charge on any atom is 0.306 e. The third-order valence-corrected chi connectivity index (χ3v) is 4.67. The van der Waals surface area contributed by atoms with Crippen LogP contribution in [0.2, 0.25) is 0 Å². The number of benzene rings is 2. The number of nitrogens with zero attached hydrogens (tertiary/aromatic N) is 3. The molecule has 0 saturated heterocycles. The van der Waals surface area contributed by atoms with E-state index in [0.29, 0.717) is 35.4 Å². The van der Waals surface area contributed by atoms with Gasteiger partial charge in [0.25, 0.3) is 11.4 Å². The molecule has 0 radical (unpaired) electrons. The molecule has 0 amide bonds. The highest BCUT2D eigenvalue weighted by molar-refractivity contribution is 5.77. The molecule has 0 saturated carbocycles. The summed E-state index contributed by atoms with van der Waals surface area (Å²) in [6.07, 6.45) is 1.15. The fourth-order valence-corrected chi connectivity index (χ4v) is 3.11. The van der Waals surface area contributed by atoms with E-state index in [1.165, 1.54) is 0 Å². The summed E-state index contributed by atoms with van der Waals surface area (Å²) in [5, 5.41) is 4.49. The molecule has 8 heteroatoms. The van der Waals surface area contributed by atoms with Gasteiger partial charge in [0.2, 0.25) is 5.82 Å². The minimum atomic E-state index is -0.381. The number of carbonyl (C=O) groups excluding carboxylic acids is 1. The molecule has 0 aliphatic rings. The fraction of sp³-hybridized carbons (Fsp3) is 0.227. The van der Waals surface area contributed by atoms with Crippen LogP contribution in [-0.4, -0.2) is 26.1 Å². The SMILES string of the molecule is Cc1ccccc1-c1noc(COC(=O)CCCc2nc3ccccc3c(=O)[nH]2)n1. The van der Waals surface area contributed by atoms with E-state index in [9.17, 15) is 9.59 Å². The van der Waals surface area contributed by atoms with E-state index in [-0.39, 0.29) is 30.4 Å². The van der Waals surface area contributed by atoms with Gasteiger partial charge in [0.05, 0.1) is 10.9 Å². The first-order valence-corrected chi connectivity index (χ1v) is 9.62. The van der Waals surface area contributed by atoms with E-state index < -0.39 is 0 Å². The molecule has 8 nitrogen and oxygen atoms in total. The molecule has 2 aromatic carbocycles. The summed E-state index contributed by atoms with van der Waals surface area (Å²) in [6.45, 7) is 1.88. The maximum absolute atomic E-state index is 12.1. The van der Waals surface area contributed by atoms with Crippen molar-refractivity contribution in [3.05, 3.63) is 76.2 Å². The molecule has 0 spiro atoms. The fourth-order valence-electron chi connectivity index (χ4n) is 3.11. The molecule has 30 heavy (non-hydrogen) atoms. The standard InChI is InChI=1S/C22H20N4O4/c1-14-7-2-3-8-15(14)21-25-19(30-26-21)13-29-20(27)12-6-11-18-23-17-10-5-4-9-16(17)22(28)24-18/h2-5,7-10H,6,11-13H2,1H3,(H,23,24,28). The lowest BCUT2D eigenvalue weighted by Gasteiger charge is -2.04. The Hall–Kier alpha value is -3.81. The number of aromatic amines is 1. The molecule has 0 aliphatic carbocycles. The Kier molecular flexibility index (Phi) is 5.65. The average molecular weight is 404 g/mol. The predicted molar refractivity (Wildman–Crippen MR) is 110 cm³/mol. The predicted octanol–water partition coefficient (Wildman–Crippen LogP) is 3.35. The van der Waals surface area contributed by atoms with E-state index in [1.54, 1.807) is 18.2 Å². The summed E-state index contributed by atoms with van der Waals surface area (Å²) in [7, 11) is 0. The smallest absolute Gasteiger partial charge is 0.306 e. The molecule has 0 bridgehead atoms. The van der Waals surface area contributed by atoms with Crippen LogP contribution in [0, 0.1) is 6.92 Å². The molecule has 2 aromatic heterocycles. The molecule has 4 rings (SSSR count). The summed E-state index contributed by atoms with van der Waals surface area (Å²) < 4.78 is 10.4. The molecule has 0 unspecified atom stereocenters. The van der Waals surface area contributed by atoms with Crippen molar-refractivity contribution in [2.75, 3.05) is 0 Å². The van der Waals surface area contributed by atoms with Crippen LogP contribution in [0.15, 0.2) is 57.8 Å². The molecule has 4 aromatic rings. The van der Waals surface area contributed by atoms with Crippen molar-refractivity contribution >= 4 is 16.9 Å². The Labute approximate surface area is 171 Å². The lowest BCUT2D eigenvalue weighted by atomic mass is 10.1.